The summed E-state index contributed by atoms with van der Waals surface area (Å²) in [6, 6.07) is 0. The van der Waals surface area contributed by atoms with Crippen molar-refractivity contribution in [3.05, 3.63) is 0 Å². The van der Waals surface area contributed by atoms with Gasteiger partial charge < -0.3 is 33.8 Å². The van der Waals surface area contributed by atoms with E-state index in [0.29, 0.717) is 25.7 Å². The average molecular weight is 1410 g/mol. The average Bonchev–Trinajstić information content (AvgIpc) is 3.16. The highest BCUT2D eigenvalue weighted by Crippen LogP contribution is 2.45. The van der Waals surface area contributed by atoms with Gasteiger partial charge in [0.2, 0.25) is 0 Å². The van der Waals surface area contributed by atoms with Crippen LogP contribution in [0, 0.1) is 17.8 Å². The third-order valence-electron chi connectivity index (χ3n) is 17.9. The topological polar surface area (TPSA) is 237 Å². The number of hydrogen-bond acceptors (Lipinski definition) is 15. The molecule has 0 aromatic heterocycles. The standard InChI is InChI=1S/C77H150O17P2/c1-8-9-10-11-12-13-21-30-37-44-51-58-74(79)87-65-73(94-77(82)61-54-47-40-33-26-29-36-43-50-57-70(6)7)67-92-96(85,86)90-63-71(78)62-89-95(83,84)91-66-72(64-88-75(80)59-52-45-38-31-24-20-16-18-23-28-35-42-49-56-69(4)5)93-76(81)60-53-46-39-32-25-19-15-14-17-22-27-34-41-48-55-68(2)3/h68-73,78H,8-67H2,1-7H3,(H,83,84)(H,85,86)/t71-,72-,73-/m1/s1. The Morgan fingerprint density at radius 1 is 0.281 bits per heavy atom. The van der Waals surface area contributed by atoms with E-state index in [-0.39, 0.29) is 25.7 Å². The highest BCUT2D eigenvalue weighted by atomic mass is 31.2. The lowest BCUT2D eigenvalue weighted by atomic mass is 10.0. The van der Waals surface area contributed by atoms with Crippen molar-refractivity contribution in [2.75, 3.05) is 39.6 Å². The molecule has 5 atom stereocenters. The predicted octanol–water partition coefficient (Wildman–Crippen LogP) is 22.6. The molecule has 0 radical (unpaired) electrons. The van der Waals surface area contributed by atoms with E-state index < -0.39 is 97.5 Å². The summed E-state index contributed by atoms with van der Waals surface area (Å²) in [5, 5.41) is 10.6. The van der Waals surface area contributed by atoms with Crippen LogP contribution in [0.1, 0.15) is 395 Å². The first-order chi connectivity index (χ1) is 46.2. The molecule has 2 unspecified atom stereocenters. The highest BCUT2D eigenvalue weighted by Gasteiger charge is 2.30. The molecule has 0 heterocycles. The highest BCUT2D eigenvalue weighted by molar-refractivity contribution is 7.47. The zero-order valence-electron chi connectivity index (χ0n) is 62.8. The third kappa shape index (κ3) is 70.5. The maximum absolute atomic E-state index is 13.1. The van der Waals surface area contributed by atoms with Crippen LogP contribution in [0.25, 0.3) is 0 Å². The minimum atomic E-state index is -4.96. The van der Waals surface area contributed by atoms with E-state index in [1.165, 1.54) is 205 Å². The zero-order valence-corrected chi connectivity index (χ0v) is 64.6. The van der Waals surface area contributed by atoms with Crippen LogP contribution in [-0.4, -0.2) is 96.7 Å². The van der Waals surface area contributed by atoms with Gasteiger partial charge in [0, 0.05) is 25.7 Å². The third-order valence-corrected chi connectivity index (χ3v) is 19.8. The Hall–Kier alpha value is -1.94. The van der Waals surface area contributed by atoms with Crippen molar-refractivity contribution in [2.24, 2.45) is 17.8 Å². The van der Waals surface area contributed by atoms with Crippen LogP contribution in [0.4, 0.5) is 0 Å². The van der Waals surface area contributed by atoms with Crippen LogP contribution in [0.3, 0.4) is 0 Å². The summed E-state index contributed by atoms with van der Waals surface area (Å²) in [4.78, 5) is 72.9. The van der Waals surface area contributed by atoms with Crippen LogP contribution in [0.5, 0.6) is 0 Å². The largest absolute Gasteiger partial charge is 0.472 e. The summed E-state index contributed by atoms with van der Waals surface area (Å²) in [6.07, 6.45) is 54.0. The number of phosphoric acid groups is 2. The second-order valence-electron chi connectivity index (χ2n) is 29.2. The molecule has 0 aliphatic heterocycles. The monoisotopic (exact) mass is 1410 g/mol. The van der Waals surface area contributed by atoms with Crippen LogP contribution >= 0.6 is 15.6 Å². The summed E-state index contributed by atoms with van der Waals surface area (Å²) in [5.41, 5.74) is 0. The molecule has 3 N–H and O–H groups in total. The first-order valence-electron chi connectivity index (χ1n) is 39.8. The number of aliphatic hydroxyl groups excluding tert-OH is 1. The van der Waals surface area contributed by atoms with Crippen molar-refractivity contribution in [1.29, 1.82) is 0 Å². The molecule has 0 aliphatic rings. The van der Waals surface area contributed by atoms with Crippen LogP contribution in [-0.2, 0) is 65.4 Å². The Morgan fingerprint density at radius 3 is 0.708 bits per heavy atom. The Labute approximate surface area is 588 Å². The van der Waals surface area contributed by atoms with E-state index >= 15 is 0 Å². The van der Waals surface area contributed by atoms with Crippen LogP contribution in [0.15, 0.2) is 0 Å². The maximum atomic E-state index is 13.1. The van der Waals surface area contributed by atoms with Gasteiger partial charge in [-0.1, -0.05) is 344 Å². The number of esters is 4. The molecule has 17 nitrogen and oxygen atoms in total. The Kier molecular flexibility index (Phi) is 66.2. The Bertz CT molecular complexity index is 1870. The number of hydrogen-bond donors (Lipinski definition) is 3. The number of phosphoric ester groups is 2. The van der Waals surface area contributed by atoms with E-state index in [1.807, 2.05) is 0 Å². The molecule has 0 amide bonds. The SMILES string of the molecule is CCCCCCCCCCCCCC(=O)OC[C@H](COP(=O)(O)OC[C@H](O)COP(=O)(O)OC[C@@H](COC(=O)CCCCCCCCCCCCCCCC(C)C)OC(=O)CCCCCCCCCCCCCCCCC(C)C)OC(=O)CCCCCCCCCCCC(C)C. The molecule has 0 aromatic rings. The molecule has 0 aromatic carbocycles. The van der Waals surface area contributed by atoms with Crippen molar-refractivity contribution >= 4 is 39.5 Å². The first-order valence-corrected chi connectivity index (χ1v) is 42.8. The molecule has 0 saturated heterocycles. The summed E-state index contributed by atoms with van der Waals surface area (Å²) in [6.45, 7) is 11.9. The fourth-order valence-electron chi connectivity index (χ4n) is 11.8. The number of unbranched alkanes of at least 4 members (excludes halogenated alkanes) is 43. The van der Waals surface area contributed by atoms with Crippen molar-refractivity contribution in [1.82, 2.24) is 0 Å². The Morgan fingerprint density at radius 2 is 0.479 bits per heavy atom. The van der Waals surface area contributed by atoms with Gasteiger partial charge in [0.15, 0.2) is 12.2 Å². The van der Waals surface area contributed by atoms with Crippen molar-refractivity contribution in [2.45, 2.75) is 414 Å². The van der Waals surface area contributed by atoms with Gasteiger partial charge in [-0.15, -0.1) is 0 Å². The van der Waals surface area contributed by atoms with Gasteiger partial charge in [-0.2, -0.15) is 0 Å². The summed E-state index contributed by atoms with van der Waals surface area (Å²) >= 11 is 0. The van der Waals surface area contributed by atoms with Gasteiger partial charge in [0.25, 0.3) is 0 Å². The number of ether oxygens (including phenoxy) is 4. The normalized spacial score (nSPS) is 14.1. The van der Waals surface area contributed by atoms with Gasteiger partial charge in [0.05, 0.1) is 26.4 Å². The number of carbonyl (C=O) groups is 4. The summed E-state index contributed by atoms with van der Waals surface area (Å²) in [7, 11) is -9.91. The second-order valence-corrected chi connectivity index (χ2v) is 32.1. The molecule has 96 heavy (non-hydrogen) atoms. The van der Waals surface area contributed by atoms with Gasteiger partial charge >= 0.3 is 39.5 Å². The smallest absolute Gasteiger partial charge is 0.462 e. The van der Waals surface area contributed by atoms with E-state index in [4.69, 9.17) is 37.0 Å². The van der Waals surface area contributed by atoms with Gasteiger partial charge in [-0.3, -0.25) is 37.3 Å². The molecule has 570 valence electrons. The fraction of sp³-hybridized carbons (Fsp3) is 0.948. The van der Waals surface area contributed by atoms with E-state index in [0.717, 1.165) is 108 Å². The van der Waals surface area contributed by atoms with E-state index in [9.17, 15) is 43.2 Å². The quantitative estimate of drug-likeness (QED) is 0.0222. The molecule has 0 rings (SSSR count). The van der Waals surface area contributed by atoms with Crippen LogP contribution < -0.4 is 0 Å². The number of aliphatic hydroxyl groups is 1. The van der Waals surface area contributed by atoms with Gasteiger partial charge in [-0.05, 0) is 43.4 Å². The molecule has 0 spiro atoms. The Balaban J connectivity index is 5.25. The van der Waals surface area contributed by atoms with Crippen molar-refractivity contribution in [3.63, 3.8) is 0 Å². The van der Waals surface area contributed by atoms with E-state index in [2.05, 4.69) is 48.5 Å². The number of rotatable bonds is 75. The molecule has 19 heteroatoms. The fourth-order valence-corrected chi connectivity index (χ4v) is 13.4. The molecule has 0 fully saturated rings. The lowest BCUT2D eigenvalue weighted by Gasteiger charge is -2.21. The van der Waals surface area contributed by atoms with E-state index in [1.54, 1.807) is 0 Å². The van der Waals surface area contributed by atoms with Crippen molar-refractivity contribution < 1.29 is 80.2 Å². The molecular formula is C77H150O17P2. The minimum Gasteiger partial charge on any atom is -0.462 e. The summed E-state index contributed by atoms with van der Waals surface area (Å²) < 4.78 is 68.6. The van der Waals surface area contributed by atoms with Gasteiger partial charge in [0.1, 0.15) is 19.3 Å². The second kappa shape index (κ2) is 67.5. The van der Waals surface area contributed by atoms with Gasteiger partial charge in [-0.25, -0.2) is 9.13 Å². The lowest BCUT2D eigenvalue weighted by molar-refractivity contribution is -0.161. The molecular weight excluding hydrogens is 1260 g/mol. The maximum Gasteiger partial charge on any atom is 0.472 e. The van der Waals surface area contributed by atoms with Crippen LogP contribution in [0.2, 0.25) is 0 Å². The summed E-state index contributed by atoms with van der Waals surface area (Å²) in [5.74, 6) is 0.207. The molecule has 0 aliphatic carbocycles. The molecule has 0 saturated carbocycles. The number of carbonyl (C=O) groups excluding carboxylic acids is 4. The lowest BCUT2D eigenvalue weighted by Crippen LogP contribution is -2.30. The zero-order chi connectivity index (χ0) is 70.9. The van der Waals surface area contributed by atoms with Crippen molar-refractivity contribution in [3.8, 4) is 0 Å². The first kappa shape index (κ1) is 94.1. The minimum absolute atomic E-state index is 0.105. The molecule has 0 bridgehead atoms. The predicted molar refractivity (Wildman–Crippen MR) is 391 cm³/mol.